The molecular formula is C19H16F7NO2. The van der Waals surface area contributed by atoms with Crippen molar-refractivity contribution in [3.63, 3.8) is 0 Å². The minimum Gasteiger partial charge on any atom is -0.377 e. The number of halogens is 7. The van der Waals surface area contributed by atoms with E-state index in [-0.39, 0.29) is 5.06 Å². The van der Waals surface area contributed by atoms with Gasteiger partial charge in [-0.1, -0.05) is 42.5 Å². The molecule has 0 radical (unpaired) electrons. The van der Waals surface area contributed by atoms with Gasteiger partial charge in [0.2, 0.25) is 0 Å². The van der Waals surface area contributed by atoms with Crippen molar-refractivity contribution in [3.8, 4) is 0 Å². The van der Waals surface area contributed by atoms with Gasteiger partial charge in [0.1, 0.15) is 5.82 Å². The Kier molecular flexibility index (Phi) is 5.88. The largest absolute Gasteiger partial charge is 0.415 e. The summed E-state index contributed by atoms with van der Waals surface area (Å²) in [6.07, 6.45) is -10.3. The Bertz CT molecular complexity index is 808. The fourth-order valence-electron chi connectivity index (χ4n) is 3.17. The van der Waals surface area contributed by atoms with Crippen LogP contribution in [0, 0.1) is 5.82 Å². The van der Waals surface area contributed by atoms with Crippen molar-refractivity contribution < 1.29 is 40.3 Å². The molecule has 1 heterocycles. The average molecular weight is 423 g/mol. The molecule has 1 fully saturated rings. The number of nitrogens with zero attached hydrogens (tertiary/aromatic N) is 1. The summed E-state index contributed by atoms with van der Waals surface area (Å²) in [7, 11) is 0. The van der Waals surface area contributed by atoms with E-state index in [0.717, 1.165) is 24.3 Å². The molecule has 1 saturated heterocycles. The Hall–Kier alpha value is -2.17. The molecule has 0 aliphatic carbocycles. The summed E-state index contributed by atoms with van der Waals surface area (Å²) in [5.41, 5.74) is -3.50. The van der Waals surface area contributed by atoms with E-state index in [2.05, 4.69) is 0 Å². The van der Waals surface area contributed by atoms with Crippen LogP contribution in [-0.2, 0) is 21.7 Å². The van der Waals surface area contributed by atoms with Crippen molar-refractivity contribution in [1.29, 1.82) is 0 Å². The molecule has 1 unspecified atom stereocenters. The second kappa shape index (κ2) is 7.92. The number of morpholine rings is 1. The smallest absolute Gasteiger partial charge is 0.377 e. The van der Waals surface area contributed by atoms with Crippen molar-refractivity contribution in [1.82, 2.24) is 5.06 Å². The molecule has 158 valence electrons. The quantitative estimate of drug-likeness (QED) is 0.648. The van der Waals surface area contributed by atoms with Crippen molar-refractivity contribution in [2.45, 2.75) is 30.5 Å². The zero-order valence-electron chi connectivity index (χ0n) is 14.8. The van der Waals surface area contributed by atoms with Crippen LogP contribution in [0.3, 0.4) is 0 Å². The Balaban J connectivity index is 2.09. The monoisotopic (exact) mass is 423 g/mol. The van der Waals surface area contributed by atoms with E-state index in [0.29, 0.717) is 5.56 Å². The molecule has 0 amide bonds. The lowest BCUT2D eigenvalue weighted by Gasteiger charge is -2.50. The van der Waals surface area contributed by atoms with Gasteiger partial charge in [-0.2, -0.15) is 31.4 Å². The first-order valence-electron chi connectivity index (χ1n) is 8.49. The molecule has 3 rings (SSSR count). The number of hydrogen-bond acceptors (Lipinski definition) is 3. The first kappa shape index (κ1) is 21.5. The van der Waals surface area contributed by atoms with Crippen LogP contribution in [0.25, 0.3) is 0 Å². The molecular weight excluding hydrogens is 407 g/mol. The van der Waals surface area contributed by atoms with E-state index >= 15 is 0 Å². The van der Waals surface area contributed by atoms with Crippen LogP contribution < -0.4 is 0 Å². The molecule has 0 N–H and O–H groups in total. The van der Waals surface area contributed by atoms with Crippen molar-refractivity contribution in [2.75, 3.05) is 13.2 Å². The number of hydroxylamine groups is 2. The second-order valence-corrected chi connectivity index (χ2v) is 6.52. The van der Waals surface area contributed by atoms with Crippen LogP contribution in [0.5, 0.6) is 0 Å². The third-order valence-corrected chi connectivity index (χ3v) is 4.63. The van der Waals surface area contributed by atoms with Crippen LogP contribution in [0.1, 0.15) is 11.1 Å². The van der Waals surface area contributed by atoms with Crippen LogP contribution in [0.2, 0.25) is 0 Å². The number of hydrogen-bond donors (Lipinski definition) is 0. The lowest BCUT2D eigenvalue weighted by Crippen LogP contribution is -2.68. The molecule has 0 bridgehead atoms. The van der Waals surface area contributed by atoms with E-state index in [9.17, 15) is 30.7 Å². The maximum atomic E-state index is 14.3. The number of benzene rings is 2. The van der Waals surface area contributed by atoms with E-state index in [1.54, 1.807) is 18.2 Å². The van der Waals surface area contributed by atoms with Gasteiger partial charge in [-0.25, -0.2) is 4.39 Å². The third-order valence-electron chi connectivity index (χ3n) is 4.63. The Morgan fingerprint density at radius 2 is 1.59 bits per heavy atom. The number of alkyl halides is 6. The minimum absolute atomic E-state index is 0.0866. The van der Waals surface area contributed by atoms with E-state index in [1.807, 2.05) is 0 Å². The fourth-order valence-corrected chi connectivity index (χ4v) is 3.17. The molecule has 0 aromatic heterocycles. The zero-order valence-corrected chi connectivity index (χ0v) is 14.8. The molecule has 1 aliphatic rings. The lowest BCUT2D eigenvalue weighted by atomic mass is 9.87. The Labute approximate surface area is 161 Å². The standard InChI is InChI=1S/C19H16F7NO2/c20-15-8-6-14(7-9-15)17(19(24,25)26)12-28-11-16(18(21,22)23)27(17)29-10-13-4-2-1-3-5-13/h1-9,16H,10-12H2/t16?,17-/m1/s1. The van der Waals surface area contributed by atoms with Gasteiger partial charge in [0.05, 0.1) is 19.8 Å². The molecule has 2 aromatic carbocycles. The highest BCUT2D eigenvalue weighted by Crippen LogP contribution is 2.49. The molecule has 2 atom stereocenters. The molecule has 29 heavy (non-hydrogen) atoms. The van der Waals surface area contributed by atoms with E-state index in [1.165, 1.54) is 12.1 Å². The lowest BCUT2D eigenvalue weighted by molar-refractivity contribution is -0.407. The van der Waals surface area contributed by atoms with E-state index < -0.39 is 55.1 Å². The van der Waals surface area contributed by atoms with Crippen LogP contribution in [-0.4, -0.2) is 36.7 Å². The van der Waals surface area contributed by atoms with Gasteiger partial charge in [-0.15, -0.1) is 0 Å². The highest BCUT2D eigenvalue weighted by Gasteiger charge is 2.67. The summed E-state index contributed by atoms with van der Waals surface area (Å²) in [5, 5.41) is -0.0866. The van der Waals surface area contributed by atoms with Crippen LogP contribution in [0.4, 0.5) is 30.7 Å². The summed E-state index contributed by atoms with van der Waals surface area (Å²) in [4.78, 5) is 5.15. The first-order chi connectivity index (χ1) is 13.6. The highest BCUT2D eigenvalue weighted by molar-refractivity contribution is 5.28. The van der Waals surface area contributed by atoms with Gasteiger partial charge < -0.3 is 4.74 Å². The van der Waals surface area contributed by atoms with Gasteiger partial charge in [0.25, 0.3) is 0 Å². The summed E-state index contributed by atoms with van der Waals surface area (Å²) >= 11 is 0. The number of ether oxygens (including phenoxy) is 1. The molecule has 10 heteroatoms. The first-order valence-corrected chi connectivity index (χ1v) is 8.49. The summed E-state index contributed by atoms with van der Waals surface area (Å²) in [6, 6.07) is 8.21. The van der Waals surface area contributed by atoms with Gasteiger partial charge >= 0.3 is 12.4 Å². The summed E-state index contributed by atoms with van der Waals surface area (Å²) in [5.74, 6) is -0.827. The molecule has 3 nitrogen and oxygen atoms in total. The van der Waals surface area contributed by atoms with Gasteiger partial charge in [-0.05, 0) is 23.3 Å². The fraction of sp³-hybridized carbons (Fsp3) is 0.368. The van der Waals surface area contributed by atoms with Crippen molar-refractivity contribution in [3.05, 3.63) is 71.5 Å². The molecule has 1 aliphatic heterocycles. The van der Waals surface area contributed by atoms with Gasteiger partial charge in [0, 0.05) is 0 Å². The van der Waals surface area contributed by atoms with E-state index in [4.69, 9.17) is 9.57 Å². The van der Waals surface area contributed by atoms with Gasteiger partial charge in [-0.3, -0.25) is 4.84 Å². The van der Waals surface area contributed by atoms with Gasteiger partial charge in [0.15, 0.2) is 11.6 Å². The van der Waals surface area contributed by atoms with Crippen molar-refractivity contribution >= 4 is 0 Å². The predicted molar refractivity (Wildman–Crippen MR) is 87.9 cm³/mol. The molecule has 0 saturated carbocycles. The number of rotatable bonds is 4. The average Bonchev–Trinajstić information content (AvgIpc) is 2.66. The topological polar surface area (TPSA) is 21.7 Å². The third kappa shape index (κ3) is 4.24. The van der Waals surface area contributed by atoms with Crippen LogP contribution >= 0.6 is 0 Å². The highest BCUT2D eigenvalue weighted by atomic mass is 19.4. The van der Waals surface area contributed by atoms with Crippen molar-refractivity contribution in [2.24, 2.45) is 0 Å². The Morgan fingerprint density at radius 3 is 2.14 bits per heavy atom. The maximum absolute atomic E-state index is 14.3. The molecule has 2 aromatic rings. The summed E-state index contributed by atoms with van der Waals surface area (Å²) < 4.78 is 102. The predicted octanol–water partition coefficient (Wildman–Crippen LogP) is 4.98. The Morgan fingerprint density at radius 1 is 0.966 bits per heavy atom. The normalized spacial score (nSPS) is 23.9. The summed E-state index contributed by atoms with van der Waals surface area (Å²) in [6.45, 7) is -2.69. The van der Waals surface area contributed by atoms with Crippen LogP contribution in [0.15, 0.2) is 54.6 Å². The zero-order chi connectivity index (χ0) is 21.3. The SMILES string of the molecule is Fc1ccc([C@@]2(C(F)(F)F)COCC(C(F)(F)F)N2OCc2ccccc2)cc1. The maximum Gasteiger partial charge on any atom is 0.415 e. The minimum atomic E-state index is -5.22. The molecule has 0 spiro atoms. The second-order valence-electron chi connectivity index (χ2n) is 6.52.